The smallest absolute Gasteiger partial charge is 0.179 e. The first-order valence-electron chi connectivity index (χ1n) is 7.47. The average Bonchev–Trinajstić information content (AvgIpc) is 2.37. The summed E-state index contributed by atoms with van der Waals surface area (Å²) in [6.07, 6.45) is 0.993. The molecule has 0 fully saturated rings. The maximum Gasteiger partial charge on any atom is 0.179 e. The van der Waals surface area contributed by atoms with Gasteiger partial charge in [0.2, 0.25) is 0 Å². The van der Waals surface area contributed by atoms with Gasteiger partial charge in [0.05, 0.1) is 18.7 Å². The molecule has 21 heavy (non-hydrogen) atoms. The zero-order valence-electron chi connectivity index (χ0n) is 14.0. The van der Waals surface area contributed by atoms with Crippen molar-refractivity contribution >= 4 is 11.6 Å². The molecule has 0 aliphatic rings. The van der Waals surface area contributed by atoms with Crippen LogP contribution >= 0.6 is 11.6 Å². The summed E-state index contributed by atoms with van der Waals surface area (Å²) in [7, 11) is 1.64. The fourth-order valence-electron chi connectivity index (χ4n) is 1.78. The van der Waals surface area contributed by atoms with Crippen molar-refractivity contribution in [3.63, 3.8) is 0 Å². The van der Waals surface area contributed by atoms with Crippen molar-refractivity contribution in [2.45, 2.75) is 53.1 Å². The van der Waals surface area contributed by atoms with E-state index in [1.165, 1.54) is 0 Å². The van der Waals surface area contributed by atoms with Gasteiger partial charge in [0.25, 0.3) is 0 Å². The van der Waals surface area contributed by atoms with Crippen LogP contribution < -0.4 is 14.8 Å². The molecule has 0 heterocycles. The highest BCUT2D eigenvalue weighted by Crippen LogP contribution is 2.36. The molecule has 0 radical (unpaired) electrons. The zero-order chi connectivity index (χ0) is 16.0. The maximum atomic E-state index is 6.35. The Morgan fingerprint density at radius 3 is 2.43 bits per heavy atom. The Hall–Kier alpha value is -0.930. The summed E-state index contributed by atoms with van der Waals surface area (Å²) in [6.45, 7) is 12.1. The van der Waals surface area contributed by atoms with E-state index in [0.717, 1.165) is 18.5 Å². The molecule has 0 saturated heterocycles. The van der Waals surface area contributed by atoms with Crippen LogP contribution in [0.15, 0.2) is 12.1 Å². The van der Waals surface area contributed by atoms with Gasteiger partial charge in [-0.25, -0.2) is 0 Å². The molecule has 0 unspecified atom stereocenters. The summed E-state index contributed by atoms with van der Waals surface area (Å²) in [5, 5.41) is 4.04. The van der Waals surface area contributed by atoms with Crippen LogP contribution in [0, 0.1) is 5.92 Å². The number of methoxy groups -OCH3 is 1. The lowest BCUT2D eigenvalue weighted by atomic mass is 10.1. The minimum atomic E-state index is 0.0617. The second-order valence-electron chi connectivity index (χ2n) is 6.74. The predicted octanol–water partition coefficient (Wildman–Crippen LogP) is 4.66. The predicted molar refractivity (Wildman–Crippen MR) is 89.5 cm³/mol. The van der Waals surface area contributed by atoms with Crippen LogP contribution in [-0.2, 0) is 6.54 Å². The quantitative estimate of drug-likeness (QED) is 0.794. The molecule has 0 aliphatic heterocycles. The molecule has 3 nitrogen and oxygen atoms in total. The van der Waals surface area contributed by atoms with Crippen LogP contribution in [0.5, 0.6) is 11.5 Å². The highest BCUT2D eigenvalue weighted by Gasteiger charge is 2.14. The second kappa shape index (κ2) is 7.90. The molecule has 1 aromatic rings. The lowest BCUT2D eigenvalue weighted by molar-refractivity contribution is 0.273. The molecular formula is C17H28ClNO2. The van der Waals surface area contributed by atoms with Gasteiger partial charge in [0.1, 0.15) is 0 Å². The number of ether oxygens (including phenoxy) is 2. The minimum Gasteiger partial charge on any atom is -0.493 e. The first kappa shape index (κ1) is 18.1. The van der Waals surface area contributed by atoms with Crippen LogP contribution in [0.1, 0.15) is 46.6 Å². The summed E-state index contributed by atoms with van der Waals surface area (Å²) in [5.41, 5.74) is 1.15. The van der Waals surface area contributed by atoms with Gasteiger partial charge in [-0.2, -0.15) is 0 Å². The Bertz CT molecular complexity index is 453. The van der Waals surface area contributed by atoms with Crippen molar-refractivity contribution in [2.75, 3.05) is 13.7 Å². The average molecular weight is 314 g/mol. The maximum absolute atomic E-state index is 6.35. The van der Waals surface area contributed by atoms with Crippen molar-refractivity contribution < 1.29 is 9.47 Å². The first-order valence-corrected chi connectivity index (χ1v) is 7.85. The summed E-state index contributed by atoms with van der Waals surface area (Å²) in [5.74, 6) is 1.93. The third kappa shape index (κ3) is 6.58. The largest absolute Gasteiger partial charge is 0.493 e. The summed E-state index contributed by atoms with van der Waals surface area (Å²) in [4.78, 5) is 0. The Morgan fingerprint density at radius 1 is 1.24 bits per heavy atom. The first-order chi connectivity index (χ1) is 9.73. The molecule has 0 bridgehead atoms. The topological polar surface area (TPSA) is 30.5 Å². The normalized spacial score (nSPS) is 11.8. The number of hydrogen-bond donors (Lipinski definition) is 1. The molecule has 1 N–H and O–H groups in total. The molecule has 120 valence electrons. The van der Waals surface area contributed by atoms with Gasteiger partial charge in [-0.1, -0.05) is 25.4 Å². The van der Waals surface area contributed by atoms with Crippen LogP contribution in [0.2, 0.25) is 5.02 Å². The molecule has 0 aromatic heterocycles. The van der Waals surface area contributed by atoms with Gasteiger partial charge in [0, 0.05) is 12.1 Å². The van der Waals surface area contributed by atoms with E-state index in [-0.39, 0.29) is 5.54 Å². The van der Waals surface area contributed by atoms with Crippen molar-refractivity contribution in [1.29, 1.82) is 0 Å². The second-order valence-corrected chi connectivity index (χ2v) is 7.15. The third-order valence-electron chi connectivity index (χ3n) is 3.05. The highest BCUT2D eigenvalue weighted by atomic mass is 35.5. The van der Waals surface area contributed by atoms with E-state index >= 15 is 0 Å². The van der Waals surface area contributed by atoms with Crippen molar-refractivity contribution in [3.8, 4) is 11.5 Å². The van der Waals surface area contributed by atoms with Crippen LogP contribution in [0.25, 0.3) is 0 Å². The van der Waals surface area contributed by atoms with Gasteiger partial charge in [-0.05, 0) is 50.8 Å². The van der Waals surface area contributed by atoms with E-state index in [1.807, 2.05) is 12.1 Å². The van der Waals surface area contributed by atoms with Gasteiger partial charge in [-0.3, -0.25) is 0 Å². The molecule has 4 heteroatoms. The Labute approximate surface area is 134 Å². The number of rotatable bonds is 7. The van der Waals surface area contributed by atoms with Crippen molar-refractivity contribution in [1.82, 2.24) is 5.32 Å². The van der Waals surface area contributed by atoms with E-state index in [0.29, 0.717) is 29.0 Å². The summed E-state index contributed by atoms with van der Waals surface area (Å²) in [6, 6.07) is 3.92. The molecule has 0 atom stereocenters. The Morgan fingerprint density at radius 2 is 1.90 bits per heavy atom. The van der Waals surface area contributed by atoms with E-state index < -0.39 is 0 Å². The number of nitrogens with one attached hydrogen (secondary N) is 1. The number of benzene rings is 1. The molecule has 0 spiro atoms. The number of hydrogen-bond acceptors (Lipinski definition) is 3. The van der Waals surface area contributed by atoms with E-state index in [2.05, 4.69) is 39.9 Å². The zero-order valence-corrected chi connectivity index (χ0v) is 14.8. The molecule has 0 saturated carbocycles. The number of halogens is 1. The molecule has 1 aromatic carbocycles. The molecule has 1 rings (SSSR count). The monoisotopic (exact) mass is 313 g/mol. The SMILES string of the molecule is COc1cc(CNC(C)(C)C)cc(Cl)c1OCCC(C)C. The minimum absolute atomic E-state index is 0.0617. The van der Waals surface area contributed by atoms with E-state index in [1.54, 1.807) is 7.11 Å². The third-order valence-corrected chi connectivity index (χ3v) is 3.33. The van der Waals surface area contributed by atoms with E-state index in [4.69, 9.17) is 21.1 Å². The summed E-state index contributed by atoms with van der Waals surface area (Å²) < 4.78 is 11.2. The highest BCUT2D eigenvalue weighted by molar-refractivity contribution is 6.32. The van der Waals surface area contributed by atoms with Crippen molar-refractivity contribution in [3.05, 3.63) is 22.7 Å². The summed E-state index contributed by atoms with van der Waals surface area (Å²) >= 11 is 6.35. The Balaban J connectivity index is 2.81. The fourth-order valence-corrected chi connectivity index (χ4v) is 2.07. The molecule has 0 amide bonds. The van der Waals surface area contributed by atoms with Gasteiger partial charge in [0.15, 0.2) is 11.5 Å². The van der Waals surface area contributed by atoms with Gasteiger partial charge in [-0.15, -0.1) is 0 Å². The standard InChI is InChI=1S/C17H28ClNO2/c1-12(2)7-8-21-16-14(18)9-13(10-15(16)20-6)11-19-17(3,4)5/h9-10,12,19H,7-8,11H2,1-6H3. The van der Waals surface area contributed by atoms with Crippen molar-refractivity contribution in [2.24, 2.45) is 5.92 Å². The molecule has 0 aliphatic carbocycles. The van der Waals surface area contributed by atoms with Gasteiger partial charge >= 0.3 is 0 Å². The fraction of sp³-hybridized carbons (Fsp3) is 0.647. The van der Waals surface area contributed by atoms with Crippen LogP contribution in [-0.4, -0.2) is 19.3 Å². The van der Waals surface area contributed by atoms with E-state index in [9.17, 15) is 0 Å². The van der Waals surface area contributed by atoms with Crippen LogP contribution in [0.4, 0.5) is 0 Å². The Kier molecular flexibility index (Phi) is 6.82. The van der Waals surface area contributed by atoms with Crippen LogP contribution in [0.3, 0.4) is 0 Å². The van der Waals surface area contributed by atoms with Gasteiger partial charge < -0.3 is 14.8 Å². The lowest BCUT2D eigenvalue weighted by Gasteiger charge is -2.21. The lowest BCUT2D eigenvalue weighted by Crippen LogP contribution is -2.35. The molecular weight excluding hydrogens is 286 g/mol.